The van der Waals surface area contributed by atoms with Crippen LogP contribution in [0.2, 0.25) is 0 Å². The zero-order chi connectivity index (χ0) is 24.9. The zero-order valence-corrected chi connectivity index (χ0v) is 21.1. The Balaban J connectivity index is 1.40. The highest BCUT2D eigenvalue weighted by Gasteiger charge is 2.32. The van der Waals surface area contributed by atoms with Gasteiger partial charge in [-0.05, 0) is 39.2 Å². The first kappa shape index (κ1) is 23.9. The molecule has 0 aliphatic carbocycles. The van der Waals surface area contributed by atoms with Crippen LogP contribution in [0.1, 0.15) is 17.2 Å². The summed E-state index contributed by atoms with van der Waals surface area (Å²) in [5, 5.41) is 15.2. The zero-order valence-electron chi connectivity index (χ0n) is 19.5. The molecule has 36 heavy (non-hydrogen) atoms. The topological polar surface area (TPSA) is 87.4 Å². The van der Waals surface area contributed by atoms with E-state index in [1.54, 1.807) is 0 Å². The quantitative estimate of drug-likeness (QED) is 0.232. The maximum atomic E-state index is 12.1. The van der Waals surface area contributed by atoms with Crippen molar-refractivity contribution in [3.8, 4) is 0 Å². The number of rotatable bonds is 7. The van der Waals surface area contributed by atoms with Gasteiger partial charge in [-0.1, -0.05) is 72.8 Å². The first-order chi connectivity index (χ1) is 17.6. The van der Waals surface area contributed by atoms with Gasteiger partial charge in [0, 0.05) is 30.7 Å². The molecule has 0 saturated carbocycles. The fraction of sp³-hybridized carbons (Fsp3) is 0.185. The van der Waals surface area contributed by atoms with Crippen LogP contribution < -0.4 is 10.2 Å². The lowest BCUT2D eigenvalue weighted by molar-refractivity contribution is -0.383. The molecule has 1 N–H and O–H groups in total. The average Bonchev–Trinajstić information content (AvgIpc) is 2.91. The number of aromatic nitrogens is 2. The number of hydrogen-bond donors (Lipinski definition) is 1. The van der Waals surface area contributed by atoms with E-state index < -0.39 is 4.92 Å². The molecule has 1 aliphatic rings. The SMILES string of the molecule is O=[N+]([O-])c1c(Nc2ccccc2Br)ncnc1N1CCN(C(c2ccccc2)c2ccccc2)CC1. The Morgan fingerprint density at radius 1 is 0.833 bits per heavy atom. The molecule has 1 saturated heterocycles. The lowest BCUT2D eigenvalue weighted by Gasteiger charge is -2.40. The molecule has 8 nitrogen and oxygen atoms in total. The number of nitro groups is 1. The number of piperazine rings is 1. The fourth-order valence-corrected chi connectivity index (χ4v) is 5.01. The third kappa shape index (κ3) is 5.07. The number of nitrogens with zero attached hydrogens (tertiary/aromatic N) is 5. The summed E-state index contributed by atoms with van der Waals surface area (Å²) in [6.07, 6.45) is 1.38. The van der Waals surface area contributed by atoms with E-state index in [2.05, 4.69) is 84.6 Å². The molecular weight excluding hydrogens is 520 g/mol. The fourth-order valence-electron chi connectivity index (χ4n) is 4.63. The molecule has 2 heterocycles. The number of halogens is 1. The van der Waals surface area contributed by atoms with Crippen molar-refractivity contribution in [2.75, 3.05) is 36.4 Å². The van der Waals surface area contributed by atoms with E-state index in [0.717, 1.165) is 17.6 Å². The van der Waals surface area contributed by atoms with E-state index >= 15 is 0 Å². The van der Waals surface area contributed by atoms with Gasteiger partial charge in [-0.25, -0.2) is 9.97 Å². The third-order valence-electron chi connectivity index (χ3n) is 6.32. The van der Waals surface area contributed by atoms with Crippen LogP contribution in [0.4, 0.5) is 23.0 Å². The second-order valence-electron chi connectivity index (χ2n) is 8.50. The van der Waals surface area contributed by atoms with E-state index in [0.29, 0.717) is 24.6 Å². The van der Waals surface area contributed by atoms with Crippen LogP contribution >= 0.6 is 15.9 Å². The van der Waals surface area contributed by atoms with Crippen molar-refractivity contribution >= 4 is 38.9 Å². The minimum atomic E-state index is -0.405. The van der Waals surface area contributed by atoms with Crippen molar-refractivity contribution < 1.29 is 4.92 Å². The molecule has 182 valence electrons. The standard InChI is InChI=1S/C27H25BrN6O2/c28-22-13-7-8-14-23(22)31-26-25(34(35)36)27(30-19-29-26)33-17-15-32(16-18-33)24(20-9-3-1-4-10-20)21-11-5-2-6-12-21/h1-14,19,24H,15-18H2,(H,29,30,31). The van der Waals surface area contributed by atoms with Crippen LogP contribution in [-0.4, -0.2) is 46.0 Å². The summed E-state index contributed by atoms with van der Waals surface area (Å²) >= 11 is 3.48. The Labute approximate surface area is 217 Å². The van der Waals surface area contributed by atoms with Crippen molar-refractivity contribution in [2.45, 2.75) is 6.04 Å². The van der Waals surface area contributed by atoms with E-state index in [4.69, 9.17) is 0 Å². The molecule has 0 amide bonds. The summed E-state index contributed by atoms with van der Waals surface area (Å²) in [6, 6.07) is 28.5. The molecule has 1 fully saturated rings. The van der Waals surface area contributed by atoms with Gasteiger partial charge in [0.2, 0.25) is 11.6 Å². The van der Waals surface area contributed by atoms with Gasteiger partial charge in [0.05, 0.1) is 16.7 Å². The molecule has 0 radical (unpaired) electrons. The van der Waals surface area contributed by atoms with Crippen molar-refractivity contribution in [3.05, 3.63) is 117 Å². The first-order valence-corrected chi connectivity index (χ1v) is 12.5. The van der Waals surface area contributed by atoms with Crippen LogP contribution in [0.5, 0.6) is 0 Å². The van der Waals surface area contributed by atoms with Crippen LogP contribution in [0.3, 0.4) is 0 Å². The Morgan fingerprint density at radius 3 is 2.00 bits per heavy atom. The second-order valence-corrected chi connectivity index (χ2v) is 9.36. The number of para-hydroxylation sites is 1. The normalized spacial score (nSPS) is 14.1. The molecule has 9 heteroatoms. The minimum absolute atomic E-state index is 0.114. The smallest absolute Gasteiger partial charge is 0.348 e. The van der Waals surface area contributed by atoms with Gasteiger partial charge in [-0.3, -0.25) is 15.0 Å². The maximum absolute atomic E-state index is 12.1. The van der Waals surface area contributed by atoms with E-state index in [1.807, 2.05) is 41.3 Å². The van der Waals surface area contributed by atoms with Crippen molar-refractivity contribution in [1.82, 2.24) is 14.9 Å². The van der Waals surface area contributed by atoms with Gasteiger partial charge in [0.15, 0.2) is 0 Å². The monoisotopic (exact) mass is 544 g/mol. The largest absolute Gasteiger partial charge is 0.353 e. The number of nitrogens with one attached hydrogen (secondary N) is 1. The lowest BCUT2D eigenvalue weighted by Crippen LogP contribution is -2.48. The van der Waals surface area contributed by atoms with Crippen LogP contribution in [0.15, 0.2) is 95.7 Å². The summed E-state index contributed by atoms with van der Waals surface area (Å²) in [7, 11) is 0. The van der Waals surface area contributed by atoms with Crippen LogP contribution in [0.25, 0.3) is 0 Å². The molecule has 1 aliphatic heterocycles. The maximum Gasteiger partial charge on any atom is 0.353 e. The highest BCUT2D eigenvalue weighted by molar-refractivity contribution is 9.10. The first-order valence-electron chi connectivity index (χ1n) is 11.7. The Kier molecular flexibility index (Phi) is 7.20. The van der Waals surface area contributed by atoms with Gasteiger partial charge in [-0.15, -0.1) is 0 Å². The van der Waals surface area contributed by atoms with Crippen molar-refractivity contribution in [1.29, 1.82) is 0 Å². The van der Waals surface area contributed by atoms with E-state index in [1.165, 1.54) is 17.5 Å². The summed E-state index contributed by atoms with van der Waals surface area (Å²) in [5.41, 5.74) is 3.03. The van der Waals surface area contributed by atoms with Crippen molar-refractivity contribution in [2.24, 2.45) is 0 Å². The summed E-state index contributed by atoms with van der Waals surface area (Å²) < 4.78 is 0.793. The molecule has 3 aromatic carbocycles. The molecular formula is C27H25BrN6O2. The Hall–Kier alpha value is -3.82. The highest BCUT2D eigenvalue weighted by atomic mass is 79.9. The average molecular weight is 545 g/mol. The highest BCUT2D eigenvalue weighted by Crippen LogP contribution is 2.36. The number of hydrogen-bond acceptors (Lipinski definition) is 7. The molecule has 0 atom stereocenters. The molecule has 5 rings (SSSR count). The second kappa shape index (κ2) is 10.8. The third-order valence-corrected chi connectivity index (χ3v) is 7.01. The van der Waals surface area contributed by atoms with Gasteiger partial charge >= 0.3 is 5.69 Å². The summed E-state index contributed by atoms with van der Waals surface area (Å²) in [6.45, 7) is 2.70. The van der Waals surface area contributed by atoms with Crippen molar-refractivity contribution in [3.63, 3.8) is 0 Å². The minimum Gasteiger partial charge on any atom is -0.348 e. The predicted molar refractivity (Wildman–Crippen MR) is 145 cm³/mol. The molecule has 0 bridgehead atoms. The molecule has 0 unspecified atom stereocenters. The van der Waals surface area contributed by atoms with Gasteiger partial charge in [-0.2, -0.15) is 0 Å². The molecule has 1 aromatic heterocycles. The summed E-state index contributed by atoms with van der Waals surface area (Å²) in [4.78, 5) is 24.7. The molecule has 4 aromatic rings. The van der Waals surface area contributed by atoms with Gasteiger partial charge in [0.1, 0.15) is 6.33 Å². The Morgan fingerprint density at radius 2 is 1.42 bits per heavy atom. The van der Waals surface area contributed by atoms with E-state index in [-0.39, 0.29) is 17.5 Å². The number of anilines is 3. The van der Waals surface area contributed by atoms with Crippen LogP contribution in [-0.2, 0) is 0 Å². The van der Waals surface area contributed by atoms with Crippen LogP contribution in [0, 0.1) is 10.1 Å². The molecule has 0 spiro atoms. The summed E-state index contributed by atoms with van der Waals surface area (Å²) in [5.74, 6) is 0.506. The number of benzene rings is 3. The van der Waals surface area contributed by atoms with E-state index in [9.17, 15) is 10.1 Å². The Bertz CT molecular complexity index is 1290. The predicted octanol–water partition coefficient (Wildman–Crippen LogP) is 5.80. The van der Waals surface area contributed by atoms with Gasteiger partial charge < -0.3 is 10.2 Å². The van der Waals surface area contributed by atoms with Gasteiger partial charge in [0.25, 0.3) is 0 Å². The lowest BCUT2D eigenvalue weighted by atomic mass is 9.96.